The van der Waals surface area contributed by atoms with Crippen molar-refractivity contribution in [3.05, 3.63) is 11.8 Å². The maximum Gasteiger partial charge on any atom is 0.320 e. The summed E-state index contributed by atoms with van der Waals surface area (Å²) in [6.45, 7) is 3.93. The maximum absolute atomic E-state index is 12.1. The molecule has 2 rings (SSSR count). The lowest BCUT2D eigenvalue weighted by Crippen LogP contribution is -2.52. The highest BCUT2D eigenvalue weighted by atomic mass is 16.3. The van der Waals surface area contributed by atoms with Crippen molar-refractivity contribution < 1.29 is 9.90 Å². The van der Waals surface area contributed by atoms with Crippen molar-refractivity contribution in [3.63, 3.8) is 0 Å². The first-order valence-corrected chi connectivity index (χ1v) is 7.21. The smallest absolute Gasteiger partial charge is 0.320 e. The standard InChI is InChI=1S/C14H24N4O2/c1-4-5-11-8-12(18(3)17-11)15-13(20)16-14(2,9-19)10-6-7-10/h8,10,19H,4-7,9H2,1-3H3,(H2,15,16,20). The summed E-state index contributed by atoms with van der Waals surface area (Å²) in [6, 6.07) is 1.59. The molecule has 3 N–H and O–H groups in total. The van der Waals surface area contributed by atoms with Gasteiger partial charge in [-0.2, -0.15) is 5.10 Å². The van der Waals surface area contributed by atoms with Crippen LogP contribution in [0.4, 0.5) is 10.6 Å². The molecule has 0 saturated heterocycles. The van der Waals surface area contributed by atoms with Crippen LogP contribution in [0.25, 0.3) is 0 Å². The average Bonchev–Trinajstić information content (AvgIpc) is 3.18. The van der Waals surface area contributed by atoms with Crippen LogP contribution in [-0.2, 0) is 13.5 Å². The maximum atomic E-state index is 12.1. The number of aromatic nitrogens is 2. The fourth-order valence-electron chi connectivity index (χ4n) is 2.42. The van der Waals surface area contributed by atoms with Crippen molar-refractivity contribution in [2.45, 2.75) is 45.1 Å². The van der Waals surface area contributed by atoms with Gasteiger partial charge >= 0.3 is 6.03 Å². The number of hydrogen-bond acceptors (Lipinski definition) is 3. The molecule has 1 heterocycles. The van der Waals surface area contributed by atoms with Crippen molar-refractivity contribution in [1.29, 1.82) is 0 Å². The largest absolute Gasteiger partial charge is 0.394 e. The average molecular weight is 280 g/mol. The quantitative estimate of drug-likeness (QED) is 0.741. The van der Waals surface area contributed by atoms with E-state index in [0.717, 1.165) is 31.4 Å². The van der Waals surface area contributed by atoms with E-state index in [9.17, 15) is 9.90 Å². The first-order chi connectivity index (χ1) is 9.48. The molecule has 0 spiro atoms. The van der Waals surface area contributed by atoms with Gasteiger partial charge in [-0.15, -0.1) is 0 Å². The molecule has 6 nitrogen and oxygen atoms in total. The Labute approximate surface area is 119 Å². The van der Waals surface area contributed by atoms with Crippen LogP contribution in [0.3, 0.4) is 0 Å². The fourth-order valence-corrected chi connectivity index (χ4v) is 2.42. The number of aliphatic hydroxyl groups excluding tert-OH is 1. The molecule has 2 amide bonds. The van der Waals surface area contributed by atoms with E-state index in [1.165, 1.54) is 0 Å². The lowest BCUT2D eigenvalue weighted by atomic mass is 9.97. The van der Waals surface area contributed by atoms with Crippen LogP contribution >= 0.6 is 0 Å². The highest BCUT2D eigenvalue weighted by molar-refractivity contribution is 5.89. The minimum absolute atomic E-state index is 0.0441. The van der Waals surface area contributed by atoms with Gasteiger partial charge in [0.15, 0.2) is 0 Å². The van der Waals surface area contributed by atoms with Gasteiger partial charge in [-0.3, -0.25) is 10.00 Å². The zero-order valence-corrected chi connectivity index (χ0v) is 12.4. The van der Waals surface area contributed by atoms with E-state index in [-0.39, 0.29) is 12.6 Å². The molecule has 1 saturated carbocycles. The summed E-state index contributed by atoms with van der Waals surface area (Å²) in [5.74, 6) is 1.04. The summed E-state index contributed by atoms with van der Waals surface area (Å²) in [6.07, 6.45) is 4.04. The summed E-state index contributed by atoms with van der Waals surface area (Å²) >= 11 is 0. The molecule has 0 aromatic carbocycles. The lowest BCUT2D eigenvalue weighted by molar-refractivity contribution is 0.159. The second-order valence-electron chi connectivity index (χ2n) is 5.82. The van der Waals surface area contributed by atoms with Gasteiger partial charge in [0.05, 0.1) is 17.8 Å². The number of amides is 2. The molecule has 1 aliphatic rings. The topological polar surface area (TPSA) is 79.2 Å². The summed E-state index contributed by atoms with van der Waals surface area (Å²) < 4.78 is 1.66. The monoisotopic (exact) mass is 280 g/mol. The SMILES string of the molecule is CCCc1cc(NC(=O)NC(C)(CO)C2CC2)n(C)n1. The molecule has 1 unspecified atom stereocenters. The number of hydrogen-bond donors (Lipinski definition) is 3. The number of urea groups is 1. The van der Waals surface area contributed by atoms with E-state index in [4.69, 9.17) is 0 Å². The minimum atomic E-state index is -0.533. The molecule has 1 aromatic heterocycles. The van der Waals surface area contributed by atoms with Crippen LogP contribution in [0.5, 0.6) is 0 Å². The van der Waals surface area contributed by atoms with Gasteiger partial charge in [-0.05, 0) is 32.1 Å². The fraction of sp³-hybridized carbons (Fsp3) is 0.714. The molecule has 20 heavy (non-hydrogen) atoms. The van der Waals surface area contributed by atoms with Crippen LogP contribution in [-0.4, -0.2) is 33.1 Å². The highest BCUT2D eigenvalue weighted by Gasteiger charge is 2.42. The number of carbonyl (C=O) groups is 1. The normalized spacial score (nSPS) is 17.6. The highest BCUT2D eigenvalue weighted by Crippen LogP contribution is 2.39. The van der Waals surface area contributed by atoms with Crippen molar-refractivity contribution >= 4 is 11.8 Å². The first kappa shape index (κ1) is 14.8. The summed E-state index contributed by atoms with van der Waals surface area (Å²) in [5.41, 5.74) is 0.437. The predicted octanol–water partition coefficient (Wildman–Crippen LogP) is 1.66. The van der Waals surface area contributed by atoms with E-state index < -0.39 is 5.54 Å². The molecule has 112 valence electrons. The summed E-state index contributed by atoms with van der Waals surface area (Å²) in [5, 5.41) is 19.5. The number of anilines is 1. The third-order valence-electron chi connectivity index (χ3n) is 3.88. The van der Waals surface area contributed by atoms with Crippen LogP contribution in [0.1, 0.15) is 38.8 Å². The summed E-state index contributed by atoms with van der Waals surface area (Å²) in [7, 11) is 1.81. The molecule has 1 atom stereocenters. The second kappa shape index (κ2) is 5.83. The minimum Gasteiger partial charge on any atom is -0.394 e. The number of carbonyl (C=O) groups excluding carboxylic acids is 1. The van der Waals surface area contributed by atoms with Crippen LogP contribution < -0.4 is 10.6 Å². The van der Waals surface area contributed by atoms with Gasteiger partial charge in [0, 0.05) is 13.1 Å². The number of aryl methyl sites for hydroxylation is 2. The molecular formula is C14H24N4O2. The van der Waals surface area contributed by atoms with Crippen molar-refractivity contribution in [2.24, 2.45) is 13.0 Å². The van der Waals surface area contributed by atoms with Crippen LogP contribution in [0.15, 0.2) is 6.07 Å². The molecule has 1 aliphatic carbocycles. The first-order valence-electron chi connectivity index (χ1n) is 7.21. The Balaban J connectivity index is 1.97. The van der Waals surface area contributed by atoms with Crippen molar-refractivity contribution in [2.75, 3.05) is 11.9 Å². The Morgan fingerprint density at radius 1 is 1.60 bits per heavy atom. The zero-order valence-electron chi connectivity index (χ0n) is 12.4. The molecule has 0 aliphatic heterocycles. The van der Waals surface area contributed by atoms with Gasteiger partial charge in [-0.1, -0.05) is 13.3 Å². The Morgan fingerprint density at radius 3 is 2.85 bits per heavy atom. The molecule has 1 aromatic rings. The Morgan fingerprint density at radius 2 is 2.30 bits per heavy atom. The molecular weight excluding hydrogens is 256 g/mol. The molecule has 1 fully saturated rings. The Hall–Kier alpha value is -1.56. The zero-order chi connectivity index (χ0) is 14.8. The number of aliphatic hydroxyl groups is 1. The van der Waals surface area contributed by atoms with E-state index in [0.29, 0.717) is 11.7 Å². The van der Waals surface area contributed by atoms with Crippen LogP contribution in [0, 0.1) is 5.92 Å². The third kappa shape index (κ3) is 3.30. The molecule has 0 radical (unpaired) electrons. The van der Waals surface area contributed by atoms with Crippen molar-refractivity contribution in [1.82, 2.24) is 15.1 Å². The van der Waals surface area contributed by atoms with E-state index >= 15 is 0 Å². The molecule has 0 bridgehead atoms. The molecule has 6 heteroatoms. The van der Waals surface area contributed by atoms with Gasteiger partial charge in [-0.25, -0.2) is 4.79 Å². The third-order valence-corrected chi connectivity index (χ3v) is 3.88. The van der Waals surface area contributed by atoms with E-state index in [2.05, 4.69) is 22.7 Å². The van der Waals surface area contributed by atoms with E-state index in [1.54, 1.807) is 11.7 Å². The van der Waals surface area contributed by atoms with Crippen molar-refractivity contribution in [3.8, 4) is 0 Å². The van der Waals surface area contributed by atoms with Gasteiger partial charge in [0.1, 0.15) is 5.82 Å². The predicted molar refractivity (Wildman–Crippen MR) is 77.6 cm³/mol. The van der Waals surface area contributed by atoms with Gasteiger partial charge in [0.2, 0.25) is 0 Å². The number of nitrogens with one attached hydrogen (secondary N) is 2. The number of rotatable bonds is 6. The second-order valence-corrected chi connectivity index (χ2v) is 5.82. The van der Waals surface area contributed by atoms with Crippen LogP contribution in [0.2, 0.25) is 0 Å². The Bertz CT molecular complexity index is 482. The number of nitrogens with zero attached hydrogens (tertiary/aromatic N) is 2. The Kier molecular flexibility index (Phi) is 4.32. The van der Waals surface area contributed by atoms with Gasteiger partial charge < -0.3 is 10.4 Å². The van der Waals surface area contributed by atoms with E-state index in [1.807, 2.05) is 13.0 Å². The summed E-state index contributed by atoms with van der Waals surface area (Å²) in [4.78, 5) is 12.1. The lowest BCUT2D eigenvalue weighted by Gasteiger charge is -2.28. The van der Waals surface area contributed by atoms with Gasteiger partial charge in [0.25, 0.3) is 0 Å².